The van der Waals surface area contributed by atoms with Crippen molar-refractivity contribution in [3.63, 3.8) is 0 Å². The van der Waals surface area contributed by atoms with E-state index in [0.717, 1.165) is 43.2 Å². The van der Waals surface area contributed by atoms with Crippen molar-refractivity contribution in [1.82, 2.24) is 15.3 Å². The lowest BCUT2D eigenvalue weighted by Crippen LogP contribution is -2.46. The largest absolute Gasteiger partial charge is 0.368 e. The van der Waals surface area contributed by atoms with Crippen LogP contribution in [0.4, 0.5) is 11.5 Å². The summed E-state index contributed by atoms with van der Waals surface area (Å²) in [6, 6.07) is 17.9. The first-order valence-electron chi connectivity index (χ1n) is 9.90. The molecule has 3 aromatic rings. The summed E-state index contributed by atoms with van der Waals surface area (Å²) in [4.78, 5) is 25.9. The number of pyridine rings is 2. The molecule has 1 fully saturated rings. The number of carbonyl (C=O) groups excluding carboxylic acids is 1. The number of hydrogen-bond acceptors (Lipinski definition) is 5. The summed E-state index contributed by atoms with van der Waals surface area (Å²) in [6.07, 6.45) is 3.54. The SMILES string of the molecule is Cc1ccccc1CNC(=O)c1cc(N2CCN(c3ccccn3)CC2)ccn1. The van der Waals surface area contributed by atoms with Crippen LogP contribution in [0.1, 0.15) is 21.6 Å². The van der Waals surface area contributed by atoms with Crippen molar-refractivity contribution in [3.8, 4) is 0 Å². The third-order valence-corrected chi connectivity index (χ3v) is 5.29. The number of aromatic nitrogens is 2. The van der Waals surface area contributed by atoms with E-state index >= 15 is 0 Å². The molecule has 0 aliphatic carbocycles. The van der Waals surface area contributed by atoms with Crippen LogP contribution in [0.25, 0.3) is 0 Å². The van der Waals surface area contributed by atoms with E-state index in [1.807, 2.05) is 67.7 Å². The Balaban J connectivity index is 1.37. The van der Waals surface area contributed by atoms with Gasteiger partial charge in [0.1, 0.15) is 11.5 Å². The molecule has 0 radical (unpaired) electrons. The van der Waals surface area contributed by atoms with E-state index in [-0.39, 0.29) is 5.91 Å². The van der Waals surface area contributed by atoms with E-state index in [1.54, 1.807) is 6.20 Å². The summed E-state index contributed by atoms with van der Waals surface area (Å²) in [6.45, 7) is 6.10. The highest BCUT2D eigenvalue weighted by Gasteiger charge is 2.19. The molecule has 0 atom stereocenters. The summed E-state index contributed by atoms with van der Waals surface area (Å²) >= 11 is 0. The molecule has 148 valence electrons. The van der Waals surface area contributed by atoms with Gasteiger partial charge < -0.3 is 15.1 Å². The molecule has 0 unspecified atom stereocenters. The van der Waals surface area contributed by atoms with Gasteiger partial charge in [-0.1, -0.05) is 30.3 Å². The van der Waals surface area contributed by atoms with Gasteiger partial charge in [-0.15, -0.1) is 0 Å². The Hall–Kier alpha value is -3.41. The second-order valence-electron chi connectivity index (χ2n) is 7.17. The maximum absolute atomic E-state index is 12.6. The zero-order valence-corrected chi connectivity index (χ0v) is 16.6. The lowest BCUT2D eigenvalue weighted by molar-refractivity contribution is 0.0946. The number of aryl methyl sites for hydroxylation is 1. The van der Waals surface area contributed by atoms with Crippen LogP contribution in [0.5, 0.6) is 0 Å². The average molecular weight is 387 g/mol. The van der Waals surface area contributed by atoms with Crippen LogP contribution in [-0.2, 0) is 6.54 Å². The number of amides is 1. The molecular formula is C23H25N5O. The van der Waals surface area contributed by atoms with Gasteiger partial charge in [0.15, 0.2) is 0 Å². The molecule has 1 saturated heterocycles. The second kappa shape index (κ2) is 8.73. The molecule has 1 aliphatic heterocycles. The Labute approximate surface area is 171 Å². The van der Waals surface area contributed by atoms with Crippen LogP contribution in [0, 0.1) is 6.92 Å². The zero-order chi connectivity index (χ0) is 20.1. The smallest absolute Gasteiger partial charge is 0.270 e. The number of benzene rings is 1. The quantitative estimate of drug-likeness (QED) is 0.729. The number of nitrogens with zero attached hydrogens (tertiary/aromatic N) is 4. The van der Waals surface area contributed by atoms with Gasteiger partial charge in [0, 0.05) is 50.8 Å². The van der Waals surface area contributed by atoms with Crippen LogP contribution in [0.3, 0.4) is 0 Å². The standard InChI is InChI=1S/C23H25N5O/c1-18-6-2-3-7-19(18)17-26-23(29)21-16-20(9-11-24-21)27-12-14-28(15-13-27)22-8-4-5-10-25-22/h2-11,16H,12-15,17H2,1H3,(H,26,29). The van der Waals surface area contributed by atoms with Gasteiger partial charge in [0.05, 0.1) is 0 Å². The van der Waals surface area contributed by atoms with Crippen molar-refractivity contribution in [2.45, 2.75) is 13.5 Å². The minimum atomic E-state index is -0.151. The molecule has 4 rings (SSSR count). The molecular weight excluding hydrogens is 362 g/mol. The van der Waals surface area contributed by atoms with Crippen molar-refractivity contribution in [2.75, 3.05) is 36.0 Å². The molecule has 2 aromatic heterocycles. The molecule has 1 aromatic carbocycles. The molecule has 0 spiro atoms. The van der Waals surface area contributed by atoms with Gasteiger partial charge in [0.25, 0.3) is 5.91 Å². The number of nitrogens with one attached hydrogen (secondary N) is 1. The van der Waals surface area contributed by atoms with E-state index in [9.17, 15) is 4.79 Å². The maximum atomic E-state index is 12.6. The third kappa shape index (κ3) is 4.54. The molecule has 6 nitrogen and oxygen atoms in total. The Kier molecular flexibility index (Phi) is 5.70. The van der Waals surface area contributed by atoms with E-state index in [0.29, 0.717) is 12.2 Å². The highest BCUT2D eigenvalue weighted by molar-refractivity contribution is 5.93. The average Bonchev–Trinajstić information content (AvgIpc) is 2.79. The zero-order valence-electron chi connectivity index (χ0n) is 16.6. The van der Waals surface area contributed by atoms with Gasteiger partial charge in [0.2, 0.25) is 0 Å². The first-order valence-corrected chi connectivity index (χ1v) is 9.90. The van der Waals surface area contributed by atoms with Gasteiger partial charge in [-0.2, -0.15) is 0 Å². The molecule has 29 heavy (non-hydrogen) atoms. The van der Waals surface area contributed by atoms with E-state index in [1.165, 1.54) is 5.56 Å². The van der Waals surface area contributed by atoms with Crippen molar-refractivity contribution >= 4 is 17.4 Å². The fourth-order valence-electron chi connectivity index (χ4n) is 3.55. The molecule has 3 heterocycles. The second-order valence-corrected chi connectivity index (χ2v) is 7.17. The van der Waals surface area contributed by atoms with Crippen LogP contribution in [0.15, 0.2) is 67.0 Å². The fraction of sp³-hybridized carbons (Fsp3) is 0.261. The molecule has 1 N–H and O–H groups in total. The van der Waals surface area contributed by atoms with Crippen molar-refractivity contribution in [2.24, 2.45) is 0 Å². The summed E-state index contributed by atoms with van der Waals surface area (Å²) in [7, 11) is 0. The summed E-state index contributed by atoms with van der Waals surface area (Å²) in [5.74, 6) is 0.861. The fourth-order valence-corrected chi connectivity index (χ4v) is 3.55. The lowest BCUT2D eigenvalue weighted by Gasteiger charge is -2.36. The molecule has 6 heteroatoms. The highest BCUT2D eigenvalue weighted by Crippen LogP contribution is 2.19. The van der Waals surface area contributed by atoms with Gasteiger partial charge in [-0.3, -0.25) is 9.78 Å². The minimum Gasteiger partial charge on any atom is -0.368 e. The maximum Gasteiger partial charge on any atom is 0.270 e. The normalized spacial score (nSPS) is 14.0. The Morgan fingerprint density at radius 2 is 1.69 bits per heavy atom. The topological polar surface area (TPSA) is 61.4 Å². The number of hydrogen-bond donors (Lipinski definition) is 1. The van der Waals surface area contributed by atoms with Crippen LogP contribution in [-0.4, -0.2) is 42.1 Å². The Morgan fingerprint density at radius 1 is 0.931 bits per heavy atom. The lowest BCUT2D eigenvalue weighted by atomic mass is 10.1. The summed E-state index contributed by atoms with van der Waals surface area (Å²) in [5.41, 5.74) is 3.76. The number of rotatable bonds is 5. The Bertz CT molecular complexity index is 968. The third-order valence-electron chi connectivity index (χ3n) is 5.29. The number of anilines is 2. The van der Waals surface area contributed by atoms with Gasteiger partial charge in [-0.25, -0.2) is 4.98 Å². The summed E-state index contributed by atoms with van der Waals surface area (Å²) < 4.78 is 0. The van der Waals surface area contributed by atoms with Crippen LogP contribution in [0.2, 0.25) is 0 Å². The van der Waals surface area contributed by atoms with Crippen LogP contribution >= 0.6 is 0 Å². The Morgan fingerprint density at radius 3 is 2.45 bits per heavy atom. The first kappa shape index (κ1) is 18.9. The van der Waals surface area contributed by atoms with Crippen LogP contribution < -0.4 is 15.1 Å². The van der Waals surface area contributed by atoms with E-state index < -0.39 is 0 Å². The molecule has 0 saturated carbocycles. The van der Waals surface area contributed by atoms with Crippen molar-refractivity contribution in [3.05, 3.63) is 83.8 Å². The predicted octanol–water partition coefficient (Wildman–Crippen LogP) is 3.04. The molecule has 0 bridgehead atoms. The van der Waals surface area contributed by atoms with E-state index in [4.69, 9.17) is 0 Å². The number of piperazine rings is 1. The molecule has 1 amide bonds. The van der Waals surface area contributed by atoms with Crippen molar-refractivity contribution < 1.29 is 4.79 Å². The van der Waals surface area contributed by atoms with Crippen molar-refractivity contribution in [1.29, 1.82) is 0 Å². The number of carbonyl (C=O) groups is 1. The molecule has 1 aliphatic rings. The van der Waals surface area contributed by atoms with Gasteiger partial charge in [-0.05, 0) is 42.3 Å². The minimum absolute atomic E-state index is 0.151. The monoisotopic (exact) mass is 387 g/mol. The van der Waals surface area contributed by atoms with E-state index in [2.05, 4.69) is 25.1 Å². The highest BCUT2D eigenvalue weighted by atomic mass is 16.1. The predicted molar refractivity (Wildman–Crippen MR) is 115 cm³/mol. The van der Waals surface area contributed by atoms with Gasteiger partial charge >= 0.3 is 0 Å². The first-order chi connectivity index (χ1) is 14.2. The summed E-state index contributed by atoms with van der Waals surface area (Å²) in [5, 5.41) is 2.98.